The molecule has 0 radical (unpaired) electrons. The summed E-state index contributed by atoms with van der Waals surface area (Å²) in [6.45, 7) is 4.33. The number of benzene rings is 1. The highest BCUT2D eigenvalue weighted by atomic mass is 19.4. The van der Waals surface area contributed by atoms with E-state index in [2.05, 4.69) is 20.5 Å². The van der Waals surface area contributed by atoms with Crippen LogP contribution in [0.1, 0.15) is 23.9 Å². The Morgan fingerprint density at radius 2 is 1.84 bits per heavy atom. The largest absolute Gasteiger partial charge is 0.573 e. The number of anilines is 1. The van der Waals surface area contributed by atoms with Gasteiger partial charge >= 0.3 is 12.4 Å². The fourth-order valence-corrected chi connectivity index (χ4v) is 3.30. The Morgan fingerprint density at radius 3 is 2.35 bits per heavy atom. The highest BCUT2D eigenvalue weighted by Gasteiger charge is 2.49. The van der Waals surface area contributed by atoms with Crippen molar-refractivity contribution in [2.75, 3.05) is 11.9 Å². The van der Waals surface area contributed by atoms with Crippen LogP contribution < -0.4 is 15.4 Å². The number of carbonyl (C=O) groups is 3. The Bertz CT molecular complexity index is 1050. The van der Waals surface area contributed by atoms with Gasteiger partial charge < -0.3 is 15.4 Å². The van der Waals surface area contributed by atoms with E-state index in [-0.39, 0.29) is 5.56 Å². The van der Waals surface area contributed by atoms with Crippen LogP contribution in [0.3, 0.4) is 0 Å². The van der Waals surface area contributed by atoms with Crippen molar-refractivity contribution in [3.8, 4) is 5.75 Å². The molecule has 0 aliphatic carbocycles. The molecule has 0 saturated carbocycles. The Morgan fingerprint density at radius 1 is 1.23 bits per heavy atom. The number of halogens is 3. The van der Waals surface area contributed by atoms with Gasteiger partial charge in [0.25, 0.3) is 5.91 Å². The number of amides is 4. The van der Waals surface area contributed by atoms with Crippen LogP contribution in [0.2, 0.25) is 0 Å². The van der Waals surface area contributed by atoms with E-state index in [0.29, 0.717) is 17.1 Å². The zero-order chi connectivity index (χ0) is 23.1. The monoisotopic (exact) mass is 439 g/mol. The van der Waals surface area contributed by atoms with Crippen molar-refractivity contribution >= 4 is 23.5 Å². The Hall–Kier alpha value is -3.57. The Balaban J connectivity index is 1.74. The number of carbonyl (C=O) groups excluding carboxylic acids is 3. The standard InChI is InChI=1S/C19H20F3N5O4/c1-10-15(11(2)26(4)25-10)23-14(28)9-27-16(29)18(3,24-17(27)30)12-5-7-13(8-6-12)31-19(20,21)22/h5-8H,9H2,1-4H3,(H,23,28)(H,24,30). The third-order valence-corrected chi connectivity index (χ3v) is 5.02. The number of hydrogen-bond donors (Lipinski definition) is 2. The number of hydrogen-bond acceptors (Lipinski definition) is 5. The average molecular weight is 439 g/mol. The van der Waals surface area contributed by atoms with Gasteiger partial charge in [-0.3, -0.25) is 19.2 Å². The van der Waals surface area contributed by atoms with E-state index in [1.54, 1.807) is 25.6 Å². The second-order valence-electron chi connectivity index (χ2n) is 7.24. The molecule has 1 atom stereocenters. The summed E-state index contributed by atoms with van der Waals surface area (Å²) >= 11 is 0. The lowest BCUT2D eigenvalue weighted by Gasteiger charge is -2.22. The first kappa shape index (κ1) is 22.1. The third kappa shape index (κ3) is 4.32. The molecule has 1 unspecified atom stereocenters. The molecule has 31 heavy (non-hydrogen) atoms. The molecule has 4 amide bonds. The SMILES string of the molecule is Cc1nn(C)c(C)c1NC(=O)CN1C(=O)NC(C)(c2ccc(OC(F)(F)F)cc2)C1=O. The summed E-state index contributed by atoms with van der Waals surface area (Å²) in [5.74, 6) is -1.77. The zero-order valence-corrected chi connectivity index (χ0v) is 17.1. The van der Waals surface area contributed by atoms with Crippen LogP contribution in [0.4, 0.5) is 23.7 Å². The molecule has 2 aromatic rings. The lowest BCUT2D eigenvalue weighted by Crippen LogP contribution is -2.42. The molecule has 2 heterocycles. The van der Waals surface area contributed by atoms with Gasteiger partial charge in [0.15, 0.2) is 0 Å². The average Bonchev–Trinajstić information content (AvgIpc) is 3.02. The molecule has 0 bridgehead atoms. The first-order chi connectivity index (χ1) is 14.3. The molecular weight excluding hydrogens is 419 g/mol. The van der Waals surface area contributed by atoms with Crippen LogP contribution in [0.25, 0.3) is 0 Å². The maximum atomic E-state index is 12.9. The van der Waals surface area contributed by atoms with E-state index in [4.69, 9.17) is 0 Å². The lowest BCUT2D eigenvalue weighted by molar-refractivity contribution is -0.274. The second-order valence-corrected chi connectivity index (χ2v) is 7.24. The van der Waals surface area contributed by atoms with E-state index >= 15 is 0 Å². The fourth-order valence-electron chi connectivity index (χ4n) is 3.30. The number of nitrogens with one attached hydrogen (secondary N) is 2. The number of aromatic nitrogens is 2. The van der Waals surface area contributed by atoms with E-state index in [1.165, 1.54) is 19.1 Å². The molecule has 1 aromatic heterocycles. The number of rotatable bonds is 5. The normalized spacial score (nSPS) is 18.9. The highest BCUT2D eigenvalue weighted by molar-refractivity contribution is 6.10. The number of nitrogens with zero attached hydrogens (tertiary/aromatic N) is 3. The van der Waals surface area contributed by atoms with Gasteiger partial charge in [0.05, 0.1) is 17.1 Å². The van der Waals surface area contributed by atoms with E-state index < -0.39 is 42.0 Å². The minimum Gasteiger partial charge on any atom is -0.406 e. The summed E-state index contributed by atoms with van der Waals surface area (Å²) in [6.07, 6.45) is -4.85. The number of ether oxygens (including phenoxy) is 1. The van der Waals surface area contributed by atoms with Crippen LogP contribution in [-0.4, -0.2) is 45.4 Å². The van der Waals surface area contributed by atoms with Gasteiger partial charge in [-0.1, -0.05) is 12.1 Å². The van der Waals surface area contributed by atoms with Crippen LogP contribution in [0.15, 0.2) is 24.3 Å². The van der Waals surface area contributed by atoms with E-state index in [0.717, 1.165) is 17.0 Å². The molecule has 3 rings (SSSR count). The molecule has 12 heteroatoms. The van der Waals surface area contributed by atoms with E-state index in [1.807, 2.05) is 0 Å². The smallest absolute Gasteiger partial charge is 0.406 e. The van der Waals surface area contributed by atoms with Gasteiger partial charge in [0, 0.05) is 7.05 Å². The summed E-state index contributed by atoms with van der Waals surface area (Å²) in [6, 6.07) is 3.77. The molecular formula is C19H20F3N5O4. The molecule has 1 aliphatic heterocycles. The maximum Gasteiger partial charge on any atom is 0.573 e. The van der Waals surface area contributed by atoms with Crippen molar-refractivity contribution in [1.82, 2.24) is 20.0 Å². The van der Waals surface area contributed by atoms with Gasteiger partial charge in [0.2, 0.25) is 5.91 Å². The molecule has 1 aromatic carbocycles. The molecule has 1 saturated heterocycles. The van der Waals surface area contributed by atoms with Crippen molar-refractivity contribution in [2.45, 2.75) is 32.7 Å². The van der Waals surface area contributed by atoms with E-state index in [9.17, 15) is 27.6 Å². The summed E-state index contributed by atoms with van der Waals surface area (Å²) in [5.41, 5.74) is 0.462. The molecule has 0 spiro atoms. The van der Waals surface area contributed by atoms with Crippen LogP contribution in [0.5, 0.6) is 5.75 Å². The summed E-state index contributed by atoms with van der Waals surface area (Å²) in [5, 5.41) is 9.31. The Kier molecular flexibility index (Phi) is 5.42. The first-order valence-corrected chi connectivity index (χ1v) is 9.12. The van der Waals surface area contributed by atoms with Gasteiger partial charge in [-0.2, -0.15) is 5.10 Å². The summed E-state index contributed by atoms with van der Waals surface area (Å²) in [4.78, 5) is 38.5. The van der Waals surface area contributed by atoms with Gasteiger partial charge in [-0.25, -0.2) is 4.79 Å². The number of imide groups is 1. The summed E-state index contributed by atoms with van der Waals surface area (Å²) in [7, 11) is 1.71. The maximum absolute atomic E-state index is 12.9. The van der Waals surface area contributed by atoms with Crippen LogP contribution >= 0.6 is 0 Å². The number of urea groups is 1. The molecule has 166 valence electrons. The predicted molar refractivity (Wildman–Crippen MR) is 102 cm³/mol. The molecule has 1 fully saturated rings. The highest BCUT2D eigenvalue weighted by Crippen LogP contribution is 2.31. The predicted octanol–water partition coefficient (Wildman–Crippen LogP) is 2.34. The molecule has 1 aliphatic rings. The van der Waals surface area contributed by atoms with Gasteiger partial charge in [-0.05, 0) is 38.5 Å². The molecule has 2 N–H and O–H groups in total. The lowest BCUT2D eigenvalue weighted by atomic mass is 9.92. The van der Waals surface area contributed by atoms with Crippen LogP contribution in [-0.2, 0) is 22.2 Å². The van der Waals surface area contributed by atoms with Gasteiger partial charge in [-0.15, -0.1) is 13.2 Å². The first-order valence-electron chi connectivity index (χ1n) is 9.12. The van der Waals surface area contributed by atoms with Crippen LogP contribution in [0, 0.1) is 13.8 Å². The second kappa shape index (κ2) is 7.60. The molecule has 9 nitrogen and oxygen atoms in total. The van der Waals surface area contributed by atoms with Crippen molar-refractivity contribution in [2.24, 2.45) is 7.05 Å². The summed E-state index contributed by atoms with van der Waals surface area (Å²) < 4.78 is 42.4. The van der Waals surface area contributed by atoms with Crippen molar-refractivity contribution in [1.29, 1.82) is 0 Å². The topological polar surface area (TPSA) is 106 Å². The number of alkyl halides is 3. The van der Waals surface area contributed by atoms with Crippen molar-refractivity contribution in [3.63, 3.8) is 0 Å². The fraction of sp³-hybridized carbons (Fsp3) is 0.368. The number of aryl methyl sites for hydroxylation is 2. The quantitative estimate of drug-likeness (QED) is 0.696. The van der Waals surface area contributed by atoms with Crippen molar-refractivity contribution < 1.29 is 32.3 Å². The minimum absolute atomic E-state index is 0.238. The third-order valence-electron chi connectivity index (χ3n) is 5.02. The minimum atomic E-state index is -4.85. The van der Waals surface area contributed by atoms with Crippen molar-refractivity contribution in [3.05, 3.63) is 41.2 Å². The Labute approximate surface area is 175 Å². The zero-order valence-electron chi connectivity index (χ0n) is 17.1. The van der Waals surface area contributed by atoms with Gasteiger partial charge in [0.1, 0.15) is 17.8 Å².